The molecule has 0 amide bonds. The first-order valence-corrected chi connectivity index (χ1v) is 14.1. The van der Waals surface area contributed by atoms with Crippen molar-refractivity contribution in [2.45, 2.75) is 90.9 Å². The molecule has 0 saturated carbocycles. The first-order chi connectivity index (χ1) is 13.5. The van der Waals surface area contributed by atoms with Crippen LogP contribution in [0.25, 0.3) is 20.2 Å². The second kappa shape index (κ2) is 10.4. The molecule has 0 bridgehead atoms. The van der Waals surface area contributed by atoms with Crippen molar-refractivity contribution in [1.29, 1.82) is 0 Å². The van der Waals surface area contributed by atoms with Gasteiger partial charge in [0.05, 0.1) is 7.57 Å². The summed E-state index contributed by atoms with van der Waals surface area (Å²) in [6, 6.07) is 4.82. The first kappa shape index (κ1) is 22.8. The van der Waals surface area contributed by atoms with Gasteiger partial charge in [0.15, 0.2) is 0 Å². The van der Waals surface area contributed by atoms with E-state index in [1.807, 2.05) is 22.7 Å². The molecule has 0 radical (unpaired) electrons. The molecule has 0 aliphatic rings. The van der Waals surface area contributed by atoms with E-state index >= 15 is 0 Å². The SMILES string of the molecule is CCCCC(CC)c1c2cc(Br)sc2c(C(CC)CCCC)c2cc(Br)sc12. The third kappa shape index (κ3) is 4.55. The van der Waals surface area contributed by atoms with Crippen molar-refractivity contribution in [2.24, 2.45) is 0 Å². The average molecular weight is 544 g/mol. The maximum absolute atomic E-state index is 3.83. The summed E-state index contributed by atoms with van der Waals surface area (Å²) >= 11 is 11.6. The number of unbranched alkanes of at least 4 members (excludes halogenated alkanes) is 2. The van der Waals surface area contributed by atoms with Gasteiger partial charge in [-0.3, -0.25) is 0 Å². The zero-order valence-corrected chi connectivity index (χ0v) is 22.3. The number of benzene rings is 1. The van der Waals surface area contributed by atoms with E-state index < -0.39 is 0 Å². The molecule has 2 unspecified atom stereocenters. The molecule has 154 valence electrons. The van der Waals surface area contributed by atoms with Gasteiger partial charge in [0.2, 0.25) is 0 Å². The van der Waals surface area contributed by atoms with Gasteiger partial charge in [-0.1, -0.05) is 53.4 Å². The Morgan fingerprint density at radius 3 is 1.43 bits per heavy atom. The second-order valence-corrected chi connectivity index (χ2v) is 12.8. The molecule has 0 saturated heterocycles. The summed E-state index contributed by atoms with van der Waals surface area (Å²) in [6.07, 6.45) is 10.2. The number of hydrogen-bond acceptors (Lipinski definition) is 2. The molecule has 3 aromatic rings. The van der Waals surface area contributed by atoms with Crippen molar-refractivity contribution in [2.75, 3.05) is 0 Å². The van der Waals surface area contributed by atoms with Crippen LogP contribution in [0.1, 0.15) is 102 Å². The van der Waals surface area contributed by atoms with E-state index in [4.69, 9.17) is 0 Å². The molecule has 0 nitrogen and oxygen atoms in total. The lowest BCUT2D eigenvalue weighted by Crippen LogP contribution is -2.03. The van der Waals surface area contributed by atoms with Crippen LogP contribution in [0.3, 0.4) is 0 Å². The Labute approximate surface area is 195 Å². The Morgan fingerprint density at radius 2 is 1.11 bits per heavy atom. The molecule has 1 aromatic carbocycles. The molecule has 3 rings (SSSR count). The summed E-state index contributed by atoms with van der Waals surface area (Å²) in [5.41, 5.74) is 3.24. The lowest BCUT2D eigenvalue weighted by atomic mass is 9.83. The largest absolute Gasteiger partial charge is 0.128 e. The fourth-order valence-corrected chi connectivity index (χ4v) is 8.09. The lowest BCUT2D eigenvalue weighted by molar-refractivity contribution is 0.572. The van der Waals surface area contributed by atoms with Gasteiger partial charge >= 0.3 is 0 Å². The number of fused-ring (bicyclic) bond motifs is 2. The summed E-state index contributed by atoms with van der Waals surface area (Å²) < 4.78 is 5.63. The van der Waals surface area contributed by atoms with Crippen molar-refractivity contribution >= 4 is 74.7 Å². The Balaban J connectivity index is 2.31. The van der Waals surface area contributed by atoms with Gasteiger partial charge in [-0.15, -0.1) is 22.7 Å². The van der Waals surface area contributed by atoms with Gasteiger partial charge in [0, 0.05) is 9.40 Å². The third-order valence-corrected chi connectivity index (χ3v) is 9.43. The molecule has 2 aromatic heterocycles. The van der Waals surface area contributed by atoms with Gasteiger partial charge in [-0.2, -0.15) is 0 Å². The van der Waals surface area contributed by atoms with Crippen LogP contribution in [0.2, 0.25) is 0 Å². The van der Waals surface area contributed by atoms with Crippen LogP contribution in [0, 0.1) is 0 Å². The van der Waals surface area contributed by atoms with Crippen LogP contribution in [0.15, 0.2) is 19.7 Å². The zero-order chi connectivity index (χ0) is 20.3. The molecule has 0 aliphatic heterocycles. The summed E-state index contributed by atoms with van der Waals surface area (Å²) in [6.45, 7) is 9.35. The summed E-state index contributed by atoms with van der Waals surface area (Å²) in [4.78, 5) is 0. The highest BCUT2D eigenvalue weighted by Crippen LogP contribution is 2.50. The second-order valence-electron chi connectivity index (χ2n) is 7.91. The van der Waals surface area contributed by atoms with Crippen molar-refractivity contribution in [1.82, 2.24) is 0 Å². The number of rotatable bonds is 10. The predicted molar refractivity (Wildman–Crippen MR) is 138 cm³/mol. The summed E-state index contributed by atoms with van der Waals surface area (Å²) in [5.74, 6) is 1.31. The molecule has 0 aliphatic carbocycles. The maximum Gasteiger partial charge on any atom is 0.0711 e. The van der Waals surface area contributed by atoms with E-state index in [1.54, 1.807) is 11.1 Å². The molecule has 0 fully saturated rings. The zero-order valence-electron chi connectivity index (χ0n) is 17.5. The van der Waals surface area contributed by atoms with Gasteiger partial charge in [0.25, 0.3) is 0 Å². The Morgan fingerprint density at radius 1 is 0.714 bits per heavy atom. The van der Waals surface area contributed by atoms with Crippen LogP contribution >= 0.6 is 54.5 Å². The molecule has 2 atom stereocenters. The Hall–Kier alpha value is 0.1000. The summed E-state index contributed by atoms with van der Waals surface area (Å²) in [7, 11) is 0. The molecule has 28 heavy (non-hydrogen) atoms. The quantitative estimate of drug-likeness (QED) is 0.238. The van der Waals surface area contributed by atoms with E-state index in [-0.39, 0.29) is 0 Å². The minimum absolute atomic E-state index is 0.654. The molecule has 2 heterocycles. The topological polar surface area (TPSA) is 0 Å². The first-order valence-electron chi connectivity index (χ1n) is 10.9. The summed E-state index contributed by atoms with van der Waals surface area (Å²) in [5, 5.41) is 3.04. The van der Waals surface area contributed by atoms with Gasteiger partial charge in [0.1, 0.15) is 0 Å². The number of hydrogen-bond donors (Lipinski definition) is 0. The highest BCUT2D eigenvalue weighted by Gasteiger charge is 2.26. The molecule has 0 spiro atoms. The van der Waals surface area contributed by atoms with Gasteiger partial charge in [-0.25, -0.2) is 0 Å². The number of halogens is 2. The van der Waals surface area contributed by atoms with E-state index in [2.05, 4.69) is 71.7 Å². The average Bonchev–Trinajstić information content (AvgIpc) is 3.24. The van der Waals surface area contributed by atoms with Crippen LogP contribution in [0.5, 0.6) is 0 Å². The normalized spacial score (nSPS) is 14.2. The van der Waals surface area contributed by atoms with Crippen LogP contribution in [-0.2, 0) is 0 Å². The van der Waals surface area contributed by atoms with Crippen LogP contribution in [-0.4, -0.2) is 0 Å². The fraction of sp³-hybridized carbons (Fsp3) is 0.583. The van der Waals surface area contributed by atoms with Crippen molar-refractivity contribution in [3.8, 4) is 0 Å². The van der Waals surface area contributed by atoms with Crippen molar-refractivity contribution in [3.05, 3.63) is 30.8 Å². The molecule has 4 heteroatoms. The smallest absolute Gasteiger partial charge is 0.0711 e. The molecule has 0 N–H and O–H groups in total. The monoisotopic (exact) mass is 542 g/mol. The minimum Gasteiger partial charge on any atom is -0.128 e. The van der Waals surface area contributed by atoms with Gasteiger partial charge < -0.3 is 0 Å². The highest BCUT2D eigenvalue weighted by atomic mass is 79.9. The van der Waals surface area contributed by atoms with Crippen molar-refractivity contribution < 1.29 is 0 Å². The van der Waals surface area contributed by atoms with E-state index in [0.29, 0.717) is 11.8 Å². The minimum atomic E-state index is 0.654. The van der Waals surface area contributed by atoms with Crippen molar-refractivity contribution in [3.63, 3.8) is 0 Å². The molecular weight excluding hydrogens is 512 g/mol. The Kier molecular flexibility index (Phi) is 8.47. The predicted octanol–water partition coefficient (Wildman–Crippen LogP) is 11.0. The third-order valence-electron chi connectivity index (χ3n) is 6.09. The van der Waals surface area contributed by atoms with E-state index in [9.17, 15) is 0 Å². The molecular formula is C24H32Br2S2. The van der Waals surface area contributed by atoms with E-state index in [1.165, 1.54) is 79.1 Å². The fourth-order valence-electron chi connectivity index (χ4n) is 4.58. The van der Waals surface area contributed by atoms with Crippen LogP contribution < -0.4 is 0 Å². The van der Waals surface area contributed by atoms with E-state index in [0.717, 1.165) is 0 Å². The highest BCUT2D eigenvalue weighted by molar-refractivity contribution is 9.11. The Bertz CT molecular complexity index is 793. The van der Waals surface area contributed by atoms with Crippen LogP contribution in [0.4, 0.5) is 0 Å². The van der Waals surface area contributed by atoms with Gasteiger partial charge in [-0.05, 0) is 103 Å². The standard InChI is InChI=1S/C24H32Br2S2/c1-5-9-11-15(7-3)21-17-13-19(25)28-24(17)22(16(8-4)12-10-6-2)18-14-20(26)27-23(18)21/h13-16H,5-12H2,1-4H3. The maximum atomic E-state index is 3.83. The number of thiophene rings is 2. The lowest BCUT2D eigenvalue weighted by Gasteiger charge is -2.23.